The van der Waals surface area contributed by atoms with Crippen LogP contribution in [0.25, 0.3) is 33.4 Å². The summed E-state index contributed by atoms with van der Waals surface area (Å²) in [5.41, 5.74) is 8.53. The third-order valence-corrected chi connectivity index (χ3v) is 10.8. The molecule has 0 bridgehead atoms. The number of fused-ring (bicyclic) bond motifs is 1. The first-order valence-corrected chi connectivity index (χ1v) is 19.6. The molecule has 6 heterocycles. The van der Waals surface area contributed by atoms with Gasteiger partial charge in [-0.25, -0.2) is 14.8 Å². The second-order valence-electron chi connectivity index (χ2n) is 16.0. The number of hydrogen-bond acceptors (Lipinski definition) is 11. The van der Waals surface area contributed by atoms with Crippen molar-refractivity contribution in [3.8, 4) is 22.4 Å². The Bertz CT molecular complexity index is 2460. The lowest BCUT2D eigenvalue weighted by Gasteiger charge is -2.36. The normalized spacial score (nSPS) is 15.8. The van der Waals surface area contributed by atoms with Crippen molar-refractivity contribution >= 4 is 40.4 Å². The average molecular weight is 782 g/mol. The summed E-state index contributed by atoms with van der Waals surface area (Å²) in [5, 5.41) is 17.8. The topological polar surface area (TPSA) is 178 Å². The van der Waals surface area contributed by atoms with Crippen LogP contribution in [-0.4, -0.2) is 92.3 Å². The highest BCUT2D eigenvalue weighted by Crippen LogP contribution is 2.32. The number of aromatic nitrogens is 6. The predicted octanol–water partition coefficient (Wildman–Crippen LogP) is 5.98. The smallest absolute Gasteiger partial charge is 0.329 e. The summed E-state index contributed by atoms with van der Waals surface area (Å²) in [4.78, 5) is 56.4. The van der Waals surface area contributed by atoms with Gasteiger partial charge in [0.15, 0.2) is 5.65 Å². The first-order chi connectivity index (χ1) is 27.9. The molecule has 2 aliphatic rings. The lowest BCUT2D eigenvalue weighted by Crippen LogP contribution is -2.49. The largest absolute Gasteiger partial charge is 0.369 e. The Hall–Kier alpha value is -6.48. The summed E-state index contributed by atoms with van der Waals surface area (Å²) in [6, 6.07) is 20.1. The summed E-state index contributed by atoms with van der Waals surface area (Å²) < 4.78 is 5.30. The number of nitrogens with one attached hydrogen (secondary N) is 3. The molecule has 0 saturated carbocycles. The number of carbonyl (C=O) groups excluding carboxylic acids is 3. The molecule has 2 aromatic carbocycles. The van der Waals surface area contributed by atoms with Gasteiger partial charge >= 0.3 is 6.03 Å². The number of carbonyl (C=O) groups is 3. The van der Waals surface area contributed by atoms with Gasteiger partial charge in [0.2, 0.25) is 11.8 Å². The molecule has 2 saturated heterocycles. The van der Waals surface area contributed by atoms with Gasteiger partial charge in [0.05, 0.1) is 11.7 Å². The van der Waals surface area contributed by atoms with Crippen LogP contribution in [-0.2, 0) is 16.6 Å². The van der Waals surface area contributed by atoms with Crippen molar-refractivity contribution in [1.82, 2.24) is 45.8 Å². The van der Waals surface area contributed by atoms with Crippen molar-refractivity contribution in [3.05, 3.63) is 101 Å². The number of urea groups is 1. The Morgan fingerprint density at radius 3 is 2.38 bits per heavy atom. The minimum Gasteiger partial charge on any atom is -0.369 e. The molecule has 8 rings (SSSR count). The molecule has 0 radical (unpaired) electrons. The van der Waals surface area contributed by atoms with Crippen LogP contribution in [0.2, 0.25) is 0 Å². The molecule has 6 aromatic rings. The number of aryl methyl sites for hydroxylation is 1. The van der Waals surface area contributed by atoms with Gasteiger partial charge in [-0.2, -0.15) is 10.1 Å². The van der Waals surface area contributed by atoms with E-state index in [2.05, 4.69) is 87.1 Å². The number of aromatic amines is 1. The van der Waals surface area contributed by atoms with E-state index in [9.17, 15) is 14.4 Å². The third kappa shape index (κ3) is 8.16. The molecule has 1 atom stereocenters. The van der Waals surface area contributed by atoms with Gasteiger partial charge < -0.3 is 14.7 Å². The zero-order chi connectivity index (χ0) is 40.6. The number of imide groups is 1. The van der Waals surface area contributed by atoms with Crippen LogP contribution >= 0.6 is 0 Å². The number of pyridine rings is 2. The fourth-order valence-corrected chi connectivity index (χ4v) is 7.44. The highest BCUT2D eigenvalue weighted by molar-refractivity contribution is 6.05. The Morgan fingerprint density at radius 2 is 1.69 bits per heavy atom. The van der Waals surface area contributed by atoms with Gasteiger partial charge in [-0.1, -0.05) is 56.3 Å². The molecule has 4 amide bonds. The Morgan fingerprint density at radius 1 is 0.914 bits per heavy atom. The first-order valence-electron chi connectivity index (χ1n) is 19.6. The molecule has 1 unspecified atom stereocenters. The second-order valence-corrected chi connectivity index (χ2v) is 16.0. The van der Waals surface area contributed by atoms with Crippen LogP contribution in [0, 0.1) is 6.92 Å². The van der Waals surface area contributed by atoms with Crippen molar-refractivity contribution < 1.29 is 18.9 Å². The second kappa shape index (κ2) is 15.8. The van der Waals surface area contributed by atoms with Crippen molar-refractivity contribution in [2.45, 2.75) is 58.9 Å². The number of nitrogens with zero attached hydrogens (tertiary/aromatic N) is 8. The van der Waals surface area contributed by atoms with Crippen molar-refractivity contribution in [2.75, 3.05) is 49.1 Å². The fraction of sp³-hybridized carbons (Fsp3) is 0.349. The van der Waals surface area contributed by atoms with Crippen molar-refractivity contribution in [3.63, 3.8) is 0 Å². The lowest BCUT2D eigenvalue weighted by atomic mass is 9.97. The molecule has 2 fully saturated rings. The maximum Gasteiger partial charge on any atom is 0.329 e. The summed E-state index contributed by atoms with van der Waals surface area (Å²) >= 11 is 0. The monoisotopic (exact) mass is 781 g/mol. The van der Waals surface area contributed by atoms with Crippen LogP contribution < -0.4 is 20.4 Å². The summed E-state index contributed by atoms with van der Waals surface area (Å²) in [7, 11) is 0. The number of amides is 4. The Kier molecular flexibility index (Phi) is 10.5. The van der Waals surface area contributed by atoms with E-state index in [1.54, 1.807) is 0 Å². The van der Waals surface area contributed by atoms with E-state index in [1.807, 2.05) is 71.3 Å². The van der Waals surface area contributed by atoms with Crippen molar-refractivity contribution in [1.29, 1.82) is 0 Å². The van der Waals surface area contributed by atoms with E-state index in [0.29, 0.717) is 23.9 Å². The zero-order valence-electron chi connectivity index (χ0n) is 33.4. The van der Waals surface area contributed by atoms with E-state index >= 15 is 0 Å². The van der Waals surface area contributed by atoms with E-state index in [4.69, 9.17) is 4.52 Å². The van der Waals surface area contributed by atoms with Crippen LogP contribution in [0.1, 0.15) is 73.4 Å². The van der Waals surface area contributed by atoms with Gasteiger partial charge in [-0.15, -0.1) is 0 Å². The van der Waals surface area contributed by atoms with Gasteiger partial charge in [0, 0.05) is 85.7 Å². The summed E-state index contributed by atoms with van der Waals surface area (Å²) in [6.45, 7) is 14.9. The third-order valence-electron chi connectivity index (χ3n) is 10.8. The molecule has 2 aliphatic heterocycles. The minimum absolute atomic E-state index is 0.0192. The maximum absolute atomic E-state index is 12.9. The molecule has 0 aliphatic carbocycles. The predicted molar refractivity (Wildman–Crippen MR) is 220 cm³/mol. The van der Waals surface area contributed by atoms with E-state index in [-0.39, 0.29) is 35.5 Å². The molecule has 4 aromatic heterocycles. The molecule has 3 N–H and O–H groups in total. The van der Waals surface area contributed by atoms with Gasteiger partial charge in [0.1, 0.15) is 5.82 Å². The van der Waals surface area contributed by atoms with E-state index in [1.165, 1.54) is 10.6 Å². The SMILES string of the molecule is Cc1cc(-c2[nH]nc3ncc(-c4ccc(N5CCN(CCc6ccc(N7CCC(=O)NC7=O)nc6)CC5)cc4)cc23)ccc1C(C)NC(=O)c1noc(C(C)(C)C)n1. The summed E-state index contributed by atoms with van der Waals surface area (Å²) in [5.74, 6) is 0.352. The van der Waals surface area contributed by atoms with E-state index < -0.39 is 6.03 Å². The van der Waals surface area contributed by atoms with Crippen LogP contribution in [0.15, 0.2) is 77.6 Å². The van der Waals surface area contributed by atoms with Crippen LogP contribution in [0.4, 0.5) is 16.3 Å². The van der Waals surface area contributed by atoms with Crippen LogP contribution in [0.5, 0.6) is 0 Å². The quantitative estimate of drug-likeness (QED) is 0.149. The number of piperazine rings is 1. The highest BCUT2D eigenvalue weighted by Gasteiger charge is 2.27. The first kappa shape index (κ1) is 38.4. The molecule has 58 heavy (non-hydrogen) atoms. The lowest BCUT2D eigenvalue weighted by molar-refractivity contribution is -0.120. The maximum atomic E-state index is 12.9. The van der Waals surface area contributed by atoms with Crippen LogP contribution in [0.3, 0.4) is 0 Å². The van der Waals surface area contributed by atoms with Crippen molar-refractivity contribution in [2.24, 2.45) is 0 Å². The molecule has 15 heteroatoms. The van der Waals surface area contributed by atoms with E-state index in [0.717, 1.165) is 83.6 Å². The zero-order valence-corrected chi connectivity index (χ0v) is 33.4. The Labute approximate surface area is 336 Å². The molecule has 0 spiro atoms. The summed E-state index contributed by atoms with van der Waals surface area (Å²) in [6.07, 6.45) is 4.84. The fourth-order valence-electron chi connectivity index (χ4n) is 7.44. The highest BCUT2D eigenvalue weighted by atomic mass is 16.5. The molecule has 15 nitrogen and oxygen atoms in total. The number of rotatable bonds is 10. The average Bonchev–Trinajstić information content (AvgIpc) is 3.89. The number of anilines is 2. The van der Waals surface area contributed by atoms with Gasteiger partial charge in [0.25, 0.3) is 11.7 Å². The molecular weight excluding hydrogens is 735 g/mol. The number of benzene rings is 2. The van der Waals surface area contributed by atoms with Gasteiger partial charge in [-0.3, -0.25) is 29.8 Å². The standard InChI is InChI=1S/C43H47N11O4/c1-26-22-30(9-12-33(26)27(2)46-40(56)39-48-41(58-51-39)43(3,4)5)37-34-23-31(25-45-38(34)50-49-37)29-7-10-32(11-8-29)53-20-18-52(19-21-53)16-14-28-6-13-35(44-24-28)54-17-15-36(55)47-42(54)57/h6-13,22-25,27H,14-21H2,1-5H3,(H,46,56)(H,45,49,50)(H,47,55,57). The Balaban J connectivity index is 0.865. The van der Waals surface area contributed by atoms with Gasteiger partial charge in [-0.05, 0) is 72.9 Å². The number of H-pyrrole nitrogens is 1. The molecule has 298 valence electrons. The molecular formula is C43H47N11O4. The minimum atomic E-state index is -0.421. The number of hydrogen-bond donors (Lipinski definition) is 3.